The van der Waals surface area contributed by atoms with Gasteiger partial charge in [0.2, 0.25) is 0 Å². The number of rotatable bonds is 5. The number of fused-ring (bicyclic) bond motifs is 2. The highest BCUT2D eigenvalue weighted by atomic mass is 19.1. The monoisotopic (exact) mass is 469 g/mol. The maximum atomic E-state index is 14.5. The molecule has 3 aromatic heterocycles. The number of hydrogen-bond donors (Lipinski definition) is 2. The van der Waals surface area contributed by atoms with Crippen molar-refractivity contribution in [1.29, 1.82) is 0 Å². The van der Waals surface area contributed by atoms with Crippen molar-refractivity contribution in [2.24, 2.45) is 0 Å². The van der Waals surface area contributed by atoms with Crippen molar-refractivity contribution in [2.75, 3.05) is 0 Å². The fraction of sp³-hybridized carbons (Fsp3) is 0.231. The zero-order valence-electron chi connectivity index (χ0n) is 19.4. The van der Waals surface area contributed by atoms with Crippen molar-refractivity contribution in [3.8, 4) is 17.1 Å². The lowest BCUT2D eigenvalue weighted by Gasteiger charge is -2.13. The van der Waals surface area contributed by atoms with Crippen LogP contribution in [0.2, 0.25) is 0 Å². The number of imidazole rings is 1. The Labute approximate surface area is 200 Å². The second kappa shape index (κ2) is 8.28. The van der Waals surface area contributed by atoms with Gasteiger partial charge in [0.25, 0.3) is 0 Å². The first kappa shape index (κ1) is 21.4. The summed E-state index contributed by atoms with van der Waals surface area (Å²) in [5.41, 5.74) is 6.16. The van der Waals surface area contributed by atoms with Gasteiger partial charge in [-0.05, 0) is 29.7 Å². The van der Waals surface area contributed by atoms with Crippen LogP contribution in [0, 0.1) is 5.82 Å². The normalized spacial score (nSPS) is 13.1. The summed E-state index contributed by atoms with van der Waals surface area (Å²) in [6.07, 6.45) is 3.63. The Morgan fingerprint density at radius 1 is 1.11 bits per heavy atom. The van der Waals surface area contributed by atoms with E-state index >= 15 is 0 Å². The number of H-pyrrole nitrogens is 1. The Morgan fingerprint density at radius 2 is 1.94 bits per heavy atom. The number of aromatic amines is 1. The third kappa shape index (κ3) is 3.74. The van der Waals surface area contributed by atoms with Crippen LogP contribution in [0.1, 0.15) is 42.1 Å². The van der Waals surface area contributed by atoms with Crippen LogP contribution in [0.5, 0.6) is 0 Å². The molecule has 0 saturated heterocycles. The van der Waals surface area contributed by atoms with E-state index in [1.54, 1.807) is 16.8 Å². The minimum Gasteiger partial charge on any atom is -0.307 e. The third-order valence-electron chi connectivity index (χ3n) is 6.41. The van der Waals surface area contributed by atoms with E-state index in [2.05, 4.69) is 25.4 Å². The first-order chi connectivity index (χ1) is 17.0. The van der Waals surface area contributed by atoms with Crippen molar-refractivity contribution in [3.05, 3.63) is 93.5 Å². The lowest BCUT2D eigenvalue weighted by atomic mass is 9.96. The quantitative estimate of drug-likeness (QED) is 0.407. The van der Waals surface area contributed by atoms with Gasteiger partial charge in [-0.15, -0.1) is 0 Å². The topological polar surface area (TPSA) is 93.4 Å². The van der Waals surface area contributed by atoms with Crippen molar-refractivity contribution in [2.45, 2.75) is 39.4 Å². The van der Waals surface area contributed by atoms with Crippen LogP contribution >= 0.6 is 0 Å². The van der Waals surface area contributed by atoms with Crippen molar-refractivity contribution >= 4 is 11.2 Å². The van der Waals surface area contributed by atoms with E-state index in [-0.39, 0.29) is 17.4 Å². The highest BCUT2D eigenvalue weighted by Crippen LogP contribution is 2.30. The van der Waals surface area contributed by atoms with E-state index in [1.165, 1.54) is 11.6 Å². The minimum absolute atomic E-state index is 0.0374. The summed E-state index contributed by atoms with van der Waals surface area (Å²) in [7, 11) is 0. The van der Waals surface area contributed by atoms with Crippen LogP contribution < -0.4 is 11.0 Å². The van der Waals surface area contributed by atoms with Crippen molar-refractivity contribution < 1.29 is 4.39 Å². The number of nitrogens with zero attached hydrogens (tertiary/aromatic N) is 5. The molecular weight excluding hydrogens is 445 g/mol. The molecule has 8 nitrogen and oxygen atoms in total. The second-order valence-electron chi connectivity index (χ2n) is 9.12. The number of benzene rings is 2. The molecule has 5 aromatic rings. The molecular formula is C26H24FN7O. The molecule has 1 aliphatic rings. The smallest absolute Gasteiger partial charge is 0.307 e. The maximum absolute atomic E-state index is 14.5. The molecule has 1 aliphatic heterocycles. The van der Waals surface area contributed by atoms with Crippen LogP contribution in [0.4, 0.5) is 4.39 Å². The summed E-state index contributed by atoms with van der Waals surface area (Å²) >= 11 is 0. The van der Waals surface area contributed by atoms with Gasteiger partial charge in [0.15, 0.2) is 11.5 Å². The molecule has 35 heavy (non-hydrogen) atoms. The van der Waals surface area contributed by atoms with Gasteiger partial charge in [-0.2, -0.15) is 5.10 Å². The molecule has 6 rings (SSSR count). The average molecular weight is 470 g/mol. The summed E-state index contributed by atoms with van der Waals surface area (Å²) in [6, 6.07) is 12.9. The predicted molar refractivity (Wildman–Crippen MR) is 131 cm³/mol. The average Bonchev–Trinajstić information content (AvgIpc) is 3.53. The summed E-state index contributed by atoms with van der Waals surface area (Å²) < 4.78 is 18.0. The number of nitrogens with one attached hydrogen (secondary N) is 2. The molecule has 4 heterocycles. The highest BCUT2D eigenvalue weighted by molar-refractivity contribution is 5.74. The Kier molecular flexibility index (Phi) is 5.07. The Balaban J connectivity index is 1.34. The minimum atomic E-state index is -0.286. The van der Waals surface area contributed by atoms with E-state index in [1.807, 2.05) is 55.1 Å². The fourth-order valence-corrected chi connectivity index (χ4v) is 4.67. The van der Waals surface area contributed by atoms with E-state index in [0.29, 0.717) is 34.7 Å². The van der Waals surface area contributed by atoms with Gasteiger partial charge in [0.05, 0.1) is 24.1 Å². The van der Waals surface area contributed by atoms with E-state index in [9.17, 15) is 9.18 Å². The van der Waals surface area contributed by atoms with Crippen LogP contribution in [-0.4, -0.2) is 29.3 Å². The molecule has 0 amide bonds. The molecule has 2 aromatic carbocycles. The van der Waals surface area contributed by atoms with E-state index in [0.717, 1.165) is 30.0 Å². The molecule has 2 N–H and O–H groups in total. The van der Waals surface area contributed by atoms with Gasteiger partial charge in [0.1, 0.15) is 11.3 Å². The zero-order valence-corrected chi connectivity index (χ0v) is 19.4. The number of aromatic nitrogens is 6. The van der Waals surface area contributed by atoms with Gasteiger partial charge in [-0.25, -0.2) is 23.8 Å². The van der Waals surface area contributed by atoms with Gasteiger partial charge in [-0.3, -0.25) is 4.57 Å². The van der Waals surface area contributed by atoms with Crippen LogP contribution in [0.25, 0.3) is 28.2 Å². The predicted octanol–water partition coefficient (Wildman–Crippen LogP) is 3.89. The molecule has 0 unspecified atom stereocenters. The van der Waals surface area contributed by atoms with Gasteiger partial charge < -0.3 is 10.3 Å². The van der Waals surface area contributed by atoms with Gasteiger partial charge >= 0.3 is 5.69 Å². The number of hydrogen-bond acceptors (Lipinski definition) is 5. The summed E-state index contributed by atoms with van der Waals surface area (Å²) in [4.78, 5) is 24.7. The SMILES string of the molecule is CC(C)c1c(F)cccc1-c1ncc2[nH]c(=O)n(Cc3ccc(-n4cc5c(n4)CNC5)cc3)c2n1. The Bertz CT molecular complexity index is 1590. The first-order valence-electron chi connectivity index (χ1n) is 11.6. The molecule has 0 bridgehead atoms. The van der Waals surface area contributed by atoms with Crippen molar-refractivity contribution in [1.82, 2.24) is 34.6 Å². The van der Waals surface area contributed by atoms with Gasteiger partial charge in [-0.1, -0.05) is 38.1 Å². The summed E-state index contributed by atoms with van der Waals surface area (Å²) in [5.74, 6) is 0.0705. The molecule has 0 fully saturated rings. The third-order valence-corrected chi connectivity index (χ3v) is 6.41. The molecule has 9 heteroatoms. The van der Waals surface area contributed by atoms with Gasteiger partial charge in [0, 0.05) is 36.0 Å². The van der Waals surface area contributed by atoms with E-state index < -0.39 is 0 Å². The molecule has 0 aliphatic carbocycles. The Hall–Kier alpha value is -4.11. The first-order valence-corrected chi connectivity index (χ1v) is 11.6. The zero-order chi connectivity index (χ0) is 24.1. The molecule has 0 atom stereocenters. The van der Waals surface area contributed by atoms with E-state index in [4.69, 9.17) is 0 Å². The molecule has 176 valence electrons. The molecule has 0 spiro atoms. The maximum Gasteiger partial charge on any atom is 0.328 e. The lowest BCUT2D eigenvalue weighted by Crippen LogP contribution is -2.18. The molecule has 0 saturated carbocycles. The Morgan fingerprint density at radius 3 is 2.71 bits per heavy atom. The van der Waals surface area contributed by atoms with Crippen molar-refractivity contribution in [3.63, 3.8) is 0 Å². The van der Waals surface area contributed by atoms with Crippen LogP contribution in [0.15, 0.2) is 59.7 Å². The molecule has 0 radical (unpaired) electrons. The standard InChI is InChI=1S/C26H24FN7O/c1-15(2)23-19(4-3-5-20(23)27)24-29-12-22-25(31-24)33(26(35)30-22)13-16-6-8-18(9-7-16)34-14-17-10-28-11-21(17)32-34/h3-9,12,14-15,28H,10-11,13H2,1-2H3,(H,30,35). The second-order valence-corrected chi connectivity index (χ2v) is 9.12. The summed E-state index contributed by atoms with van der Waals surface area (Å²) in [6.45, 7) is 5.85. The highest BCUT2D eigenvalue weighted by Gasteiger charge is 2.18. The van der Waals surface area contributed by atoms with Crippen LogP contribution in [0.3, 0.4) is 0 Å². The fourth-order valence-electron chi connectivity index (χ4n) is 4.67. The van der Waals surface area contributed by atoms with Crippen LogP contribution in [-0.2, 0) is 19.6 Å². The number of halogens is 1. The summed E-state index contributed by atoms with van der Waals surface area (Å²) in [5, 5.41) is 7.92. The largest absolute Gasteiger partial charge is 0.328 e. The lowest BCUT2D eigenvalue weighted by molar-refractivity contribution is 0.599.